The highest BCUT2D eigenvalue weighted by atomic mass is 19.1. The summed E-state index contributed by atoms with van der Waals surface area (Å²) in [6.45, 7) is 1.45. The van der Waals surface area contributed by atoms with Crippen molar-refractivity contribution in [3.8, 4) is 5.75 Å². The number of carbonyl (C=O) groups excluding carboxylic acids is 1. The van der Waals surface area contributed by atoms with Gasteiger partial charge in [0.2, 0.25) is 0 Å². The molecule has 1 amide bonds. The standard InChI is InChI=1S/C19H27FN2O3/c1-21(2)16-8-13-10-22(11-14(13)9-18(16)25-4)19(23)12-5-6-17(24-3)15(20)7-12/h5-7,13-14,16,18H,8-11H2,1-4H3/t13-,14+,16-,18-/m1/s1. The van der Waals surface area contributed by atoms with Crippen LogP contribution >= 0.6 is 0 Å². The zero-order chi connectivity index (χ0) is 18.1. The fraction of sp³-hybridized carbons (Fsp3) is 0.632. The van der Waals surface area contributed by atoms with E-state index in [0.29, 0.717) is 23.4 Å². The highest BCUT2D eigenvalue weighted by Crippen LogP contribution is 2.39. The normalized spacial score (nSPS) is 29.0. The number of carbonyl (C=O) groups is 1. The molecule has 1 aromatic carbocycles. The van der Waals surface area contributed by atoms with Crippen molar-refractivity contribution in [3.63, 3.8) is 0 Å². The lowest BCUT2D eigenvalue weighted by Crippen LogP contribution is -2.47. The second-order valence-corrected chi connectivity index (χ2v) is 7.36. The van der Waals surface area contributed by atoms with E-state index >= 15 is 0 Å². The lowest BCUT2D eigenvalue weighted by atomic mass is 9.77. The average Bonchev–Trinajstić information content (AvgIpc) is 3.02. The van der Waals surface area contributed by atoms with Crippen LogP contribution in [-0.2, 0) is 4.74 Å². The van der Waals surface area contributed by atoms with Crippen LogP contribution in [0.1, 0.15) is 23.2 Å². The van der Waals surface area contributed by atoms with Gasteiger partial charge in [-0.05, 0) is 57.0 Å². The third-order valence-electron chi connectivity index (χ3n) is 5.74. The van der Waals surface area contributed by atoms with E-state index in [1.165, 1.54) is 19.2 Å². The van der Waals surface area contributed by atoms with Gasteiger partial charge in [-0.15, -0.1) is 0 Å². The number of likely N-dealkylation sites (N-methyl/N-ethyl adjacent to an activating group) is 1. The highest BCUT2D eigenvalue weighted by Gasteiger charge is 2.44. The van der Waals surface area contributed by atoms with Crippen molar-refractivity contribution in [2.24, 2.45) is 11.8 Å². The summed E-state index contributed by atoms with van der Waals surface area (Å²) in [7, 11) is 7.34. The van der Waals surface area contributed by atoms with Crippen molar-refractivity contribution in [2.45, 2.75) is 25.0 Å². The van der Waals surface area contributed by atoms with E-state index in [2.05, 4.69) is 19.0 Å². The second kappa shape index (κ2) is 7.30. The summed E-state index contributed by atoms with van der Waals surface area (Å²) in [4.78, 5) is 16.9. The van der Waals surface area contributed by atoms with Crippen LogP contribution in [0.15, 0.2) is 18.2 Å². The predicted octanol–water partition coefficient (Wildman–Crippen LogP) is 2.26. The summed E-state index contributed by atoms with van der Waals surface area (Å²) in [5.74, 6) is 0.478. The van der Waals surface area contributed by atoms with Gasteiger partial charge in [-0.1, -0.05) is 0 Å². The summed E-state index contributed by atoms with van der Waals surface area (Å²) in [5, 5.41) is 0. The van der Waals surface area contributed by atoms with Gasteiger partial charge in [0.1, 0.15) is 0 Å². The lowest BCUT2D eigenvalue weighted by Gasteiger charge is -2.40. The van der Waals surface area contributed by atoms with E-state index in [0.717, 1.165) is 25.9 Å². The number of hydrogen-bond donors (Lipinski definition) is 0. The van der Waals surface area contributed by atoms with Crippen LogP contribution in [0.3, 0.4) is 0 Å². The number of halogens is 1. The number of nitrogens with zero attached hydrogens (tertiary/aromatic N) is 2. The first-order valence-corrected chi connectivity index (χ1v) is 8.76. The van der Waals surface area contributed by atoms with Gasteiger partial charge < -0.3 is 19.3 Å². The Morgan fingerprint density at radius 2 is 1.88 bits per heavy atom. The van der Waals surface area contributed by atoms with E-state index in [-0.39, 0.29) is 17.8 Å². The van der Waals surface area contributed by atoms with Crippen molar-refractivity contribution in [1.29, 1.82) is 0 Å². The molecule has 1 aliphatic carbocycles. The molecule has 0 bridgehead atoms. The Balaban J connectivity index is 1.72. The molecule has 1 heterocycles. The Morgan fingerprint density at radius 1 is 1.20 bits per heavy atom. The van der Waals surface area contributed by atoms with Crippen molar-refractivity contribution in [3.05, 3.63) is 29.6 Å². The number of rotatable bonds is 4. The maximum Gasteiger partial charge on any atom is 0.253 e. The third-order valence-corrected chi connectivity index (χ3v) is 5.74. The van der Waals surface area contributed by atoms with Crippen LogP contribution in [0.2, 0.25) is 0 Å². The van der Waals surface area contributed by atoms with E-state index in [9.17, 15) is 9.18 Å². The summed E-state index contributed by atoms with van der Waals surface area (Å²) >= 11 is 0. The van der Waals surface area contributed by atoms with Crippen molar-refractivity contribution in [2.75, 3.05) is 41.4 Å². The Bertz CT molecular complexity index is 637. The van der Waals surface area contributed by atoms with Crippen LogP contribution < -0.4 is 4.74 Å². The van der Waals surface area contributed by atoms with Crippen molar-refractivity contribution < 1.29 is 18.7 Å². The fourth-order valence-corrected chi connectivity index (χ4v) is 4.33. The van der Waals surface area contributed by atoms with E-state index < -0.39 is 5.82 Å². The number of likely N-dealkylation sites (tertiary alicyclic amines) is 1. The van der Waals surface area contributed by atoms with Gasteiger partial charge in [0.15, 0.2) is 11.6 Å². The van der Waals surface area contributed by atoms with Gasteiger partial charge in [-0.3, -0.25) is 4.79 Å². The number of benzene rings is 1. The molecule has 1 saturated heterocycles. The molecule has 1 aromatic rings. The van der Waals surface area contributed by atoms with Gasteiger partial charge in [-0.25, -0.2) is 4.39 Å². The predicted molar refractivity (Wildman–Crippen MR) is 93.3 cm³/mol. The minimum absolute atomic E-state index is 0.105. The monoisotopic (exact) mass is 350 g/mol. The van der Waals surface area contributed by atoms with Gasteiger partial charge in [0.05, 0.1) is 13.2 Å². The summed E-state index contributed by atoms with van der Waals surface area (Å²) < 4.78 is 24.5. The number of fused-ring (bicyclic) bond motifs is 1. The Labute approximate surface area is 148 Å². The van der Waals surface area contributed by atoms with Crippen LogP contribution in [0.25, 0.3) is 0 Å². The van der Waals surface area contributed by atoms with Gasteiger partial charge in [0.25, 0.3) is 5.91 Å². The maximum absolute atomic E-state index is 13.9. The molecule has 0 radical (unpaired) electrons. The molecule has 1 aliphatic heterocycles. The lowest BCUT2D eigenvalue weighted by molar-refractivity contribution is -0.0209. The molecular formula is C19H27FN2O3. The van der Waals surface area contributed by atoms with Crippen LogP contribution in [0.5, 0.6) is 5.75 Å². The van der Waals surface area contributed by atoms with Crippen LogP contribution in [-0.4, -0.2) is 69.3 Å². The van der Waals surface area contributed by atoms with Gasteiger partial charge in [0, 0.05) is 31.8 Å². The number of methoxy groups -OCH3 is 2. The molecule has 0 unspecified atom stereocenters. The highest BCUT2D eigenvalue weighted by molar-refractivity contribution is 5.94. The van der Waals surface area contributed by atoms with Gasteiger partial charge in [-0.2, -0.15) is 0 Å². The second-order valence-electron chi connectivity index (χ2n) is 7.36. The summed E-state index contributed by atoms with van der Waals surface area (Å²) in [6, 6.07) is 4.78. The molecule has 1 saturated carbocycles. The molecule has 25 heavy (non-hydrogen) atoms. The molecule has 0 spiro atoms. The number of amides is 1. The number of ether oxygens (including phenoxy) is 2. The van der Waals surface area contributed by atoms with E-state index in [4.69, 9.17) is 9.47 Å². The van der Waals surface area contributed by atoms with E-state index in [1.54, 1.807) is 13.2 Å². The summed E-state index contributed by atoms with van der Waals surface area (Å²) in [5.41, 5.74) is 0.379. The molecule has 4 atom stereocenters. The molecule has 0 aromatic heterocycles. The van der Waals surface area contributed by atoms with Gasteiger partial charge >= 0.3 is 0 Å². The Hall–Kier alpha value is -1.66. The minimum Gasteiger partial charge on any atom is -0.494 e. The minimum atomic E-state index is -0.503. The summed E-state index contributed by atoms with van der Waals surface area (Å²) in [6.07, 6.45) is 2.19. The number of hydrogen-bond acceptors (Lipinski definition) is 4. The van der Waals surface area contributed by atoms with Crippen molar-refractivity contribution in [1.82, 2.24) is 9.80 Å². The zero-order valence-electron chi connectivity index (χ0n) is 15.4. The maximum atomic E-state index is 13.9. The van der Waals surface area contributed by atoms with Crippen LogP contribution in [0, 0.1) is 17.7 Å². The first-order valence-electron chi connectivity index (χ1n) is 8.76. The molecule has 2 aliphatic rings. The Kier molecular flexibility index (Phi) is 5.29. The molecule has 2 fully saturated rings. The first-order chi connectivity index (χ1) is 11.9. The van der Waals surface area contributed by atoms with Crippen LogP contribution in [0.4, 0.5) is 4.39 Å². The molecule has 5 nitrogen and oxygen atoms in total. The largest absolute Gasteiger partial charge is 0.494 e. The average molecular weight is 350 g/mol. The fourth-order valence-electron chi connectivity index (χ4n) is 4.33. The molecule has 0 N–H and O–H groups in total. The molecule has 3 rings (SSSR count). The first kappa shape index (κ1) is 18.1. The molecule has 6 heteroatoms. The SMILES string of the molecule is COc1ccc(C(=O)N2C[C@H]3C[C@@H](N(C)C)[C@H](OC)C[C@H]3C2)cc1F. The zero-order valence-corrected chi connectivity index (χ0v) is 15.4. The quantitative estimate of drug-likeness (QED) is 0.835. The topological polar surface area (TPSA) is 42.0 Å². The van der Waals surface area contributed by atoms with Crippen molar-refractivity contribution >= 4 is 5.91 Å². The smallest absolute Gasteiger partial charge is 0.253 e. The Morgan fingerprint density at radius 3 is 2.44 bits per heavy atom. The molecule has 138 valence electrons. The molecular weight excluding hydrogens is 323 g/mol. The third kappa shape index (κ3) is 3.51. The van der Waals surface area contributed by atoms with E-state index in [1.807, 2.05) is 4.90 Å².